The standard InChI is InChI=1S/C17H21N5OS.C2H6/c1-10(2)19-16(23)12-9-18-17(24-3)22-15(12)21-14-6-4-5-13(20-14)11-7-8-11;1-2/h4-6,9-11H,7-8H2,1-3H3,(H,19,23)(H,18,20,21,22);1-2H3. The van der Waals surface area contributed by atoms with Crippen LogP contribution >= 0.6 is 11.8 Å². The number of hydrogen-bond donors (Lipinski definition) is 2. The minimum atomic E-state index is -0.196. The van der Waals surface area contributed by atoms with Crippen molar-refractivity contribution in [1.29, 1.82) is 0 Å². The van der Waals surface area contributed by atoms with E-state index in [1.54, 1.807) is 6.20 Å². The average Bonchev–Trinajstić information content (AvgIpc) is 3.48. The summed E-state index contributed by atoms with van der Waals surface area (Å²) in [6, 6.07) is 5.95. The minimum Gasteiger partial charge on any atom is -0.350 e. The van der Waals surface area contributed by atoms with E-state index in [0.717, 1.165) is 5.69 Å². The lowest BCUT2D eigenvalue weighted by atomic mass is 10.2. The minimum absolute atomic E-state index is 0.0434. The molecule has 1 fully saturated rings. The van der Waals surface area contributed by atoms with E-state index < -0.39 is 0 Å². The Morgan fingerprint density at radius 1 is 1.23 bits per heavy atom. The van der Waals surface area contributed by atoms with E-state index in [1.165, 1.54) is 24.6 Å². The molecule has 1 saturated carbocycles. The van der Waals surface area contributed by atoms with Gasteiger partial charge in [-0.05, 0) is 45.1 Å². The maximum absolute atomic E-state index is 12.4. The molecule has 0 aliphatic heterocycles. The summed E-state index contributed by atoms with van der Waals surface area (Å²) in [5.74, 6) is 1.55. The number of nitrogens with one attached hydrogen (secondary N) is 2. The second-order valence-electron chi connectivity index (χ2n) is 6.09. The number of thioether (sulfide) groups is 1. The molecule has 3 rings (SSSR count). The summed E-state index contributed by atoms with van der Waals surface area (Å²) >= 11 is 1.43. The van der Waals surface area contributed by atoms with Crippen LogP contribution in [0.4, 0.5) is 11.6 Å². The van der Waals surface area contributed by atoms with Gasteiger partial charge in [-0.3, -0.25) is 4.79 Å². The molecule has 0 spiro atoms. The van der Waals surface area contributed by atoms with Crippen molar-refractivity contribution in [3.05, 3.63) is 35.7 Å². The zero-order chi connectivity index (χ0) is 19.1. The van der Waals surface area contributed by atoms with Gasteiger partial charge in [0.25, 0.3) is 5.91 Å². The Morgan fingerprint density at radius 2 is 1.96 bits per heavy atom. The Labute approximate surface area is 159 Å². The van der Waals surface area contributed by atoms with Crippen molar-refractivity contribution in [3.63, 3.8) is 0 Å². The summed E-state index contributed by atoms with van der Waals surface area (Å²) < 4.78 is 0. The van der Waals surface area contributed by atoms with Gasteiger partial charge in [-0.1, -0.05) is 31.7 Å². The first-order valence-electron chi connectivity index (χ1n) is 9.02. The van der Waals surface area contributed by atoms with Crippen LogP contribution in [0.5, 0.6) is 0 Å². The summed E-state index contributed by atoms with van der Waals surface area (Å²) in [4.78, 5) is 25.7. The van der Waals surface area contributed by atoms with E-state index in [1.807, 2.05) is 52.1 Å². The smallest absolute Gasteiger partial charge is 0.256 e. The Kier molecular flexibility index (Phi) is 7.38. The predicted octanol–water partition coefficient (Wildman–Crippen LogP) is 4.38. The monoisotopic (exact) mass is 373 g/mol. The first-order chi connectivity index (χ1) is 12.6. The summed E-state index contributed by atoms with van der Waals surface area (Å²) in [5.41, 5.74) is 1.51. The second-order valence-corrected chi connectivity index (χ2v) is 6.87. The maximum atomic E-state index is 12.4. The van der Waals surface area contributed by atoms with Crippen LogP contribution in [0, 0.1) is 0 Å². The quantitative estimate of drug-likeness (QED) is 0.578. The third kappa shape index (κ3) is 5.42. The number of pyridine rings is 1. The van der Waals surface area contributed by atoms with Crippen LogP contribution in [0.3, 0.4) is 0 Å². The van der Waals surface area contributed by atoms with Crippen molar-refractivity contribution in [2.45, 2.75) is 57.7 Å². The van der Waals surface area contributed by atoms with Gasteiger partial charge >= 0.3 is 0 Å². The molecule has 1 aliphatic carbocycles. The topological polar surface area (TPSA) is 79.8 Å². The van der Waals surface area contributed by atoms with Gasteiger partial charge in [0.05, 0.1) is 0 Å². The molecule has 2 aromatic rings. The van der Waals surface area contributed by atoms with E-state index in [4.69, 9.17) is 0 Å². The summed E-state index contributed by atoms with van der Waals surface area (Å²) in [7, 11) is 0. The molecule has 1 amide bonds. The van der Waals surface area contributed by atoms with Crippen molar-refractivity contribution in [1.82, 2.24) is 20.3 Å². The van der Waals surface area contributed by atoms with E-state index in [-0.39, 0.29) is 11.9 Å². The van der Waals surface area contributed by atoms with E-state index in [0.29, 0.717) is 28.3 Å². The fourth-order valence-electron chi connectivity index (χ4n) is 2.31. The molecule has 6 nitrogen and oxygen atoms in total. The van der Waals surface area contributed by atoms with Crippen molar-refractivity contribution >= 4 is 29.3 Å². The van der Waals surface area contributed by atoms with E-state index >= 15 is 0 Å². The van der Waals surface area contributed by atoms with Crippen molar-refractivity contribution in [3.8, 4) is 0 Å². The van der Waals surface area contributed by atoms with Gasteiger partial charge in [0, 0.05) is 23.9 Å². The van der Waals surface area contributed by atoms with Crippen LogP contribution in [0.25, 0.3) is 0 Å². The van der Waals surface area contributed by atoms with Crippen molar-refractivity contribution in [2.24, 2.45) is 0 Å². The lowest BCUT2D eigenvalue weighted by molar-refractivity contribution is 0.0943. The van der Waals surface area contributed by atoms with Crippen LogP contribution in [-0.2, 0) is 0 Å². The molecule has 140 valence electrons. The molecule has 2 N–H and O–H groups in total. The predicted molar refractivity (Wildman–Crippen MR) is 107 cm³/mol. The Hall–Kier alpha value is -2.15. The molecule has 0 bridgehead atoms. The zero-order valence-electron chi connectivity index (χ0n) is 16.0. The Balaban J connectivity index is 0.00000117. The lowest BCUT2D eigenvalue weighted by Crippen LogP contribution is -2.31. The molecule has 0 unspecified atom stereocenters. The first-order valence-corrected chi connectivity index (χ1v) is 10.2. The van der Waals surface area contributed by atoms with Crippen LogP contribution in [-0.4, -0.2) is 33.2 Å². The summed E-state index contributed by atoms with van der Waals surface area (Å²) in [6.07, 6.45) is 5.85. The summed E-state index contributed by atoms with van der Waals surface area (Å²) in [6.45, 7) is 7.84. The van der Waals surface area contributed by atoms with Gasteiger partial charge in [-0.2, -0.15) is 0 Å². The number of nitrogens with zero attached hydrogens (tertiary/aromatic N) is 3. The number of aromatic nitrogens is 3. The highest BCUT2D eigenvalue weighted by molar-refractivity contribution is 7.98. The van der Waals surface area contributed by atoms with Gasteiger partial charge in [-0.25, -0.2) is 15.0 Å². The second kappa shape index (κ2) is 9.52. The normalized spacial score (nSPS) is 13.0. The van der Waals surface area contributed by atoms with Crippen LogP contribution in [0.1, 0.15) is 62.5 Å². The third-order valence-corrected chi connectivity index (χ3v) is 4.19. The molecule has 2 heterocycles. The molecule has 0 radical (unpaired) electrons. The largest absolute Gasteiger partial charge is 0.350 e. The third-order valence-electron chi connectivity index (χ3n) is 3.63. The highest BCUT2D eigenvalue weighted by Gasteiger charge is 2.25. The van der Waals surface area contributed by atoms with E-state index in [2.05, 4.69) is 25.6 Å². The molecule has 0 atom stereocenters. The molecular weight excluding hydrogens is 346 g/mol. The number of anilines is 2. The molecule has 2 aromatic heterocycles. The molecule has 1 aliphatic rings. The molecule has 7 heteroatoms. The number of amides is 1. The fraction of sp³-hybridized carbons (Fsp3) is 0.474. The number of carbonyl (C=O) groups excluding carboxylic acids is 1. The SMILES string of the molecule is CC.CSc1ncc(C(=O)NC(C)C)c(Nc2cccc(C3CC3)n2)n1. The summed E-state index contributed by atoms with van der Waals surface area (Å²) in [5, 5.41) is 6.67. The number of carbonyl (C=O) groups is 1. The highest BCUT2D eigenvalue weighted by atomic mass is 32.2. The van der Waals surface area contributed by atoms with Crippen molar-refractivity contribution < 1.29 is 4.79 Å². The number of rotatable bonds is 6. The van der Waals surface area contributed by atoms with Gasteiger partial charge in [0.1, 0.15) is 17.2 Å². The van der Waals surface area contributed by atoms with Gasteiger partial charge in [0.15, 0.2) is 5.16 Å². The van der Waals surface area contributed by atoms with Crippen molar-refractivity contribution in [2.75, 3.05) is 11.6 Å². The van der Waals surface area contributed by atoms with E-state index in [9.17, 15) is 4.79 Å². The maximum Gasteiger partial charge on any atom is 0.256 e. The lowest BCUT2D eigenvalue weighted by Gasteiger charge is -2.13. The highest BCUT2D eigenvalue weighted by Crippen LogP contribution is 2.39. The zero-order valence-corrected chi connectivity index (χ0v) is 16.9. The number of hydrogen-bond acceptors (Lipinski definition) is 6. The van der Waals surface area contributed by atoms with Crippen LogP contribution in [0.15, 0.2) is 29.6 Å². The molecular formula is C19H27N5OS. The Morgan fingerprint density at radius 3 is 2.58 bits per heavy atom. The fourth-order valence-corrected chi connectivity index (χ4v) is 2.65. The molecule has 0 saturated heterocycles. The van der Waals surface area contributed by atoms with Gasteiger partial charge < -0.3 is 10.6 Å². The van der Waals surface area contributed by atoms with Crippen LogP contribution in [0.2, 0.25) is 0 Å². The van der Waals surface area contributed by atoms with Gasteiger partial charge in [0.2, 0.25) is 0 Å². The van der Waals surface area contributed by atoms with Gasteiger partial charge in [-0.15, -0.1) is 0 Å². The van der Waals surface area contributed by atoms with Crippen LogP contribution < -0.4 is 10.6 Å². The Bertz CT molecular complexity index is 746. The first kappa shape index (κ1) is 20.2. The average molecular weight is 374 g/mol. The molecule has 0 aromatic carbocycles. The molecule has 26 heavy (non-hydrogen) atoms.